The molecule has 28 heavy (non-hydrogen) atoms. The molecule has 1 saturated heterocycles. The summed E-state index contributed by atoms with van der Waals surface area (Å²) in [5, 5.41) is 21.6. The maximum absolute atomic E-state index is 9.65. The molecule has 0 unspecified atom stereocenters. The Hall–Kier alpha value is -3.30. The first-order valence-electron chi connectivity index (χ1n) is 9.99. The molecule has 138 valence electrons. The average molecular weight is 365 g/mol. The van der Waals surface area contributed by atoms with Crippen molar-refractivity contribution in [3.63, 3.8) is 0 Å². The Bertz CT molecular complexity index is 1070. The van der Waals surface area contributed by atoms with E-state index in [-0.39, 0.29) is 0 Å². The van der Waals surface area contributed by atoms with Crippen molar-refractivity contribution < 1.29 is 0 Å². The van der Waals surface area contributed by atoms with Gasteiger partial charge in [-0.3, -0.25) is 0 Å². The zero-order chi connectivity index (χ0) is 19.5. The third-order valence-electron chi connectivity index (χ3n) is 5.68. The number of nitrogens with zero attached hydrogens (tertiary/aromatic N) is 3. The topological polar surface area (TPSA) is 50.8 Å². The van der Waals surface area contributed by atoms with Crippen LogP contribution in [-0.4, -0.2) is 13.1 Å². The highest BCUT2D eigenvalue weighted by Gasteiger charge is 2.14. The molecule has 0 radical (unpaired) electrons. The fraction of sp³-hybridized carbons (Fsp3) is 0.280. The number of fused-ring (bicyclic) bond motifs is 1. The molecule has 3 heteroatoms. The summed E-state index contributed by atoms with van der Waals surface area (Å²) in [6.07, 6.45) is 4.66. The standard InChI is InChI=1S/C25H23N3/c1-2-18-12-22(16-26)25(23(13-18)17-27)21-7-6-20-15-24(9-8-19(20)14-21)28-10-4-3-5-11-28/h6-9,12-15H,2-5,10-11H2,1H3. The normalized spacial score (nSPS) is 13.9. The number of hydrogen-bond donors (Lipinski definition) is 0. The van der Waals surface area contributed by atoms with E-state index in [1.165, 1.54) is 30.3 Å². The summed E-state index contributed by atoms with van der Waals surface area (Å²) >= 11 is 0. The molecule has 0 saturated carbocycles. The molecule has 3 aromatic carbocycles. The minimum atomic E-state index is 0.570. The molecule has 1 heterocycles. The first kappa shape index (κ1) is 18.1. The van der Waals surface area contributed by atoms with Crippen molar-refractivity contribution >= 4 is 16.5 Å². The van der Waals surface area contributed by atoms with Gasteiger partial charge in [-0.15, -0.1) is 0 Å². The first-order valence-corrected chi connectivity index (χ1v) is 9.99. The summed E-state index contributed by atoms with van der Waals surface area (Å²) in [6.45, 7) is 4.29. The van der Waals surface area contributed by atoms with Crippen LogP contribution in [0.4, 0.5) is 5.69 Å². The first-order chi connectivity index (χ1) is 13.7. The monoisotopic (exact) mass is 365 g/mol. The Balaban J connectivity index is 1.79. The number of nitriles is 2. The Morgan fingerprint density at radius 2 is 1.46 bits per heavy atom. The molecule has 0 bridgehead atoms. The molecule has 0 amide bonds. The molecular formula is C25H23N3. The summed E-state index contributed by atoms with van der Waals surface area (Å²) < 4.78 is 0. The van der Waals surface area contributed by atoms with Gasteiger partial charge in [0.2, 0.25) is 0 Å². The van der Waals surface area contributed by atoms with Gasteiger partial charge in [-0.25, -0.2) is 0 Å². The maximum Gasteiger partial charge on any atom is 0.0998 e. The highest BCUT2D eigenvalue weighted by Crippen LogP contribution is 2.33. The molecule has 3 nitrogen and oxygen atoms in total. The molecular weight excluding hydrogens is 342 g/mol. The van der Waals surface area contributed by atoms with E-state index in [4.69, 9.17) is 0 Å². The molecule has 1 aliphatic heterocycles. The van der Waals surface area contributed by atoms with Crippen molar-refractivity contribution in [1.29, 1.82) is 10.5 Å². The molecule has 0 aliphatic carbocycles. The SMILES string of the molecule is CCc1cc(C#N)c(-c2ccc3cc(N4CCCCC4)ccc3c2)c(C#N)c1. The highest BCUT2D eigenvalue weighted by molar-refractivity contribution is 5.91. The van der Waals surface area contributed by atoms with Crippen LogP contribution < -0.4 is 4.90 Å². The van der Waals surface area contributed by atoms with Gasteiger partial charge < -0.3 is 4.90 Å². The quantitative estimate of drug-likeness (QED) is 0.589. The highest BCUT2D eigenvalue weighted by atomic mass is 15.1. The van der Waals surface area contributed by atoms with Crippen LogP contribution in [0.25, 0.3) is 21.9 Å². The van der Waals surface area contributed by atoms with Gasteiger partial charge in [-0.2, -0.15) is 10.5 Å². The minimum Gasteiger partial charge on any atom is -0.372 e. The fourth-order valence-electron chi connectivity index (χ4n) is 4.13. The van der Waals surface area contributed by atoms with Crippen molar-refractivity contribution in [2.45, 2.75) is 32.6 Å². The summed E-state index contributed by atoms with van der Waals surface area (Å²) in [5.74, 6) is 0. The van der Waals surface area contributed by atoms with Gasteiger partial charge >= 0.3 is 0 Å². The second-order valence-electron chi connectivity index (χ2n) is 7.44. The predicted octanol–water partition coefficient (Wildman–Crippen LogP) is 5.80. The largest absolute Gasteiger partial charge is 0.372 e. The van der Waals surface area contributed by atoms with Gasteiger partial charge in [0.1, 0.15) is 0 Å². The van der Waals surface area contributed by atoms with Crippen LogP contribution in [0.2, 0.25) is 0 Å². The van der Waals surface area contributed by atoms with Crippen LogP contribution in [0.1, 0.15) is 42.9 Å². The lowest BCUT2D eigenvalue weighted by Gasteiger charge is -2.29. The van der Waals surface area contributed by atoms with Crippen LogP contribution in [0.3, 0.4) is 0 Å². The molecule has 3 aromatic rings. The van der Waals surface area contributed by atoms with Gasteiger partial charge in [0.25, 0.3) is 0 Å². The van der Waals surface area contributed by atoms with Crippen LogP contribution in [-0.2, 0) is 6.42 Å². The number of hydrogen-bond acceptors (Lipinski definition) is 3. The molecule has 0 N–H and O–H groups in total. The zero-order valence-electron chi connectivity index (χ0n) is 16.2. The van der Waals surface area contributed by atoms with Crippen molar-refractivity contribution in [1.82, 2.24) is 0 Å². The summed E-state index contributed by atoms with van der Waals surface area (Å²) in [4.78, 5) is 2.46. The van der Waals surface area contributed by atoms with Gasteiger partial charge in [0, 0.05) is 24.3 Å². The molecule has 0 aromatic heterocycles. The third kappa shape index (κ3) is 3.32. The predicted molar refractivity (Wildman–Crippen MR) is 114 cm³/mol. The van der Waals surface area contributed by atoms with Crippen molar-refractivity contribution in [3.05, 3.63) is 65.2 Å². The average Bonchev–Trinajstić information content (AvgIpc) is 2.77. The lowest BCUT2D eigenvalue weighted by Crippen LogP contribution is -2.29. The summed E-state index contributed by atoms with van der Waals surface area (Å²) in [6, 6.07) is 21.2. The van der Waals surface area contributed by atoms with E-state index < -0.39 is 0 Å². The van der Waals surface area contributed by atoms with Gasteiger partial charge in [-0.1, -0.05) is 25.1 Å². The van der Waals surface area contributed by atoms with E-state index in [0.717, 1.165) is 41.6 Å². The Labute approximate surface area is 166 Å². The smallest absolute Gasteiger partial charge is 0.0998 e. The lowest BCUT2D eigenvalue weighted by molar-refractivity contribution is 0.578. The number of anilines is 1. The van der Waals surface area contributed by atoms with Crippen LogP contribution in [0.15, 0.2) is 48.5 Å². The molecule has 1 fully saturated rings. The number of piperidine rings is 1. The fourth-order valence-corrected chi connectivity index (χ4v) is 4.13. The van der Waals surface area contributed by atoms with Crippen LogP contribution in [0.5, 0.6) is 0 Å². The lowest BCUT2D eigenvalue weighted by atomic mass is 9.91. The van der Waals surface area contributed by atoms with Gasteiger partial charge in [-0.05, 0) is 77.9 Å². The maximum atomic E-state index is 9.65. The van der Waals surface area contributed by atoms with Gasteiger partial charge in [0.15, 0.2) is 0 Å². The number of benzene rings is 3. The molecule has 0 spiro atoms. The van der Waals surface area contributed by atoms with Crippen LogP contribution >= 0.6 is 0 Å². The molecule has 0 atom stereocenters. The minimum absolute atomic E-state index is 0.570. The van der Waals surface area contributed by atoms with E-state index in [0.29, 0.717) is 11.1 Å². The van der Waals surface area contributed by atoms with E-state index in [9.17, 15) is 10.5 Å². The molecule has 1 aliphatic rings. The van der Waals surface area contributed by atoms with Gasteiger partial charge in [0.05, 0.1) is 23.3 Å². The third-order valence-corrected chi connectivity index (χ3v) is 5.68. The molecule has 4 rings (SSSR count). The van der Waals surface area contributed by atoms with Crippen LogP contribution in [0, 0.1) is 22.7 Å². The number of aryl methyl sites for hydroxylation is 1. The van der Waals surface area contributed by atoms with E-state index in [1.54, 1.807) is 0 Å². The zero-order valence-corrected chi connectivity index (χ0v) is 16.2. The second-order valence-corrected chi connectivity index (χ2v) is 7.44. The van der Waals surface area contributed by atoms with Crippen molar-refractivity contribution in [2.24, 2.45) is 0 Å². The summed E-state index contributed by atoms with van der Waals surface area (Å²) in [5.41, 5.74) is 5.10. The van der Waals surface area contributed by atoms with E-state index in [2.05, 4.69) is 47.4 Å². The summed E-state index contributed by atoms with van der Waals surface area (Å²) in [7, 11) is 0. The number of rotatable bonds is 3. The Morgan fingerprint density at radius 1 is 0.821 bits per heavy atom. The Morgan fingerprint density at radius 3 is 2.11 bits per heavy atom. The second kappa shape index (κ2) is 7.75. The Kier molecular flexibility index (Phi) is 5.00. The van der Waals surface area contributed by atoms with Crippen molar-refractivity contribution in [2.75, 3.05) is 18.0 Å². The van der Waals surface area contributed by atoms with E-state index >= 15 is 0 Å². The van der Waals surface area contributed by atoms with E-state index in [1.807, 2.05) is 25.1 Å². The van der Waals surface area contributed by atoms with Crippen molar-refractivity contribution in [3.8, 4) is 23.3 Å².